The van der Waals surface area contributed by atoms with Crippen LogP contribution < -0.4 is 15.4 Å². The molecule has 21 heavy (non-hydrogen) atoms. The first kappa shape index (κ1) is 15.8. The van der Waals surface area contributed by atoms with Crippen molar-refractivity contribution in [3.63, 3.8) is 0 Å². The van der Waals surface area contributed by atoms with Crippen LogP contribution in [0.1, 0.15) is 38.7 Å². The van der Waals surface area contributed by atoms with E-state index in [1.807, 2.05) is 24.3 Å². The minimum absolute atomic E-state index is 0.417. The topological polar surface area (TPSA) is 57.1 Å². The van der Waals surface area contributed by atoms with Crippen LogP contribution in [0.25, 0.3) is 0 Å². The molecule has 4 nitrogen and oxygen atoms in total. The van der Waals surface area contributed by atoms with Gasteiger partial charge in [0, 0.05) is 11.6 Å². The zero-order chi connectivity index (χ0) is 15.1. The SMILES string of the molecule is CC(C)CCOc1ccc(C(=N)NC2CCNCC2)cc1. The lowest BCUT2D eigenvalue weighted by Gasteiger charge is -2.24. The average Bonchev–Trinajstić information content (AvgIpc) is 2.48. The number of ether oxygens (including phenoxy) is 1. The van der Waals surface area contributed by atoms with E-state index in [1.54, 1.807) is 0 Å². The first-order chi connectivity index (χ1) is 10.1. The van der Waals surface area contributed by atoms with Gasteiger partial charge in [0.15, 0.2) is 0 Å². The normalized spacial score (nSPS) is 16.0. The van der Waals surface area contributed by atoms with Crippen LogP contribution in [0, 0.1) is 11.3 Å². The van der Waals surface area contributed by atoms with Crippen molar-refractivity contribution in [1.29, 1.82) is 5.41 Å². The highest BCUT2D eigenvalue weighted by atomic mass is 16.5. The first-order valence-corrected chi connectivity index (χ1v) is 7.94. The zero-order valence-electron chi connectivity index (χ0n) is 13.1. The van der Waals surface area contributed by atoms with E-state index < -0.39 is 0 Å². The van der Waals surface area contributed by atoms with E-state index in [4.69, 9.17) is 10.1 Å². The summed E-state index contributed by atoms with van der Waals surface area (Å²) in [7, 11) is 0. The molecule has 1 aliphatic rings. The molecule has 3 N–H and O–H groups in total. The van der Waals surface area contributed by atoms with Gasteiger partial charge in [0.25, 0.3) is 0 Å². The molecule has 4 heteroatoms. The number of piperidine rings is 1. The van der Waals surface area contributed by atoms with E-state index in [9.17, 15) is 0 Å². The summed E-state index contributed by atoms with van der Waals surface area (Å²) < 4.78 is 5.70. The highest BCUT2D eigenvalue weighted by Gasteiger charge is 2.14. The number of amidine groups is 1. The molecule has 2 rings (SSSR count). The monoisotopic (exact) mass is 289 g/mol. The van der Waals surface area contributed by atoms with Crippen molar-refractivity contribution in [2.75, 3.05) is 19.7 Å². The first-order valence-electron chi connectivity index (χ1n) is 7.94. The largest absolute Gasteiger partial charge is 0.494 e. The third kappa shape index (κ3) is 5.38. The van der Waals surface area contributed by atoms with Crippen LogP contribution in [0.5, 0.6) is 5.75 Å². The number of hydrogen-bond donors (Lipinski definition) is 3. The lowest BCUT2D eigenvalue weighted by Crippen LogP contribution is -2.42. The molecule has 0 spiro atoms. The Morgan fingerprint density at radius 3 is 2.57 bits per heavy atom. The molecule has 1 heterocycles. The van der Waals surface area contributed by atoms with Crippen LogP contribution >= 0.6 is 0 Å². The Labute approximate surface area is 127 Å². The number of hydrogen-bond acceptors (Lipinski definition) is 3. The van der Waals surface area contributed by atoms with Crippen molar-refractivity contribution in [3.8, 4) is 5.75 Å². The zero-order valence-corrected chi connectivity index (χ0v) is 13.1. The van der Waals surface area contributed by atoms with Gasteiger partial charge in [-0.15, -0.1) is 0 Å². The third-order valence-corrected chi connectivity index (χ3v) is 3.79. The second kappa shape index (κ2) is 8.03. The third-order valence-electron chi connectivity index (χ3n) is 3.79. The molecule has 0 saturated carbocycles. The Kier molecular flexibility index (Phi) is 6.05. The van der Waals surface area contributed by atoms with Gasteiger partial charge < -0.3 is 15.4 Å². The van der Waals surface area contributed by atoms with Gasteiger partial charge in [-0.25, -0.2) is 0 Å². The maximum atomic E-state index is 8.16. The van der Waals surface area contributed by atoms with Crippen LogP contribution in [0.2, 0.25) is 0 Å². The van der Waals surface area contributed by atoms with Gasteiger partial charge in [-0.3, -0.25) is 5.41 Å². The maximum absolute atomic E-state index is 8.16. The van der Waals surface area contributed by atoms with Crippen LogP contribution in [0.3, 0.4) is 0 Å². The Bertz CT molecular complexity index is 436. The van der Waals surface area contributed by atoms with Crippen molar-refractivity contribution in [2.24, 2.45) is 5.92 Å². The summed E-state index contributed by atoms with van der Waals surface area (Å²) in [6.07, 6.45) is 3.23. The number of benzene rings is 1. The van der Waals surface area contributed by atoms with E-state index in [-0.39, 0.29) is 0 Å². The van der Waals surface area contributed by atoms with Crippen molar-refractivity contribution in [2.45, 2.75) is 39.2 Å². The van der Waals surface area contributed by atoms with Crippen molar-refractivity contribution >= 4 is 5.84 Å². The smallest absolute Gasteiger partial charge is 0.125 e. The molecule has 1 fully saturated rings. The number of nitrogens with one attached hydrogen (secondary N) is 3. The molecule has 1 aliphatic heterocycles. The molecule has 0 aliphatic carbocycles. The lowest BCUT2D eigenvalue weighted by molar-refractivity contribution is 0.289. The van der Waals surface area contributed by atoms with E-state index in [0.29, 0.717) is 17.8 Å². The maximum Gasteiger partial charge on any atom is 0.125 e. The Morgan fingerprint density at radius 2 is 1.95 bits per heavy atom. The predicted molar refractivity (Wildman–Crippen MR) is 87.2 cm³/mol. The van der Waals surface area contributed by atoms with Crippen LogP contribution in [0.4, 0.5) is 0 Å². The van der Waals surface area contributed by atoms with Gasteiger partial charge >= 0.3 is 0 Å². The second-order valence-corrected chi connectivity index (χ2v) is 6.10. The lowest BCUT2D eigenvalue weighted by atomic mass is 10.1. The van der Waals surface area contributed by atoms with E-state index in [1.165, 1.54) is 0 Å². The number of rotatable bonds is 6. The van der Waals surface area contributed by atoms with Crippen molar-refractivity contribution in [3.05, 3.63) is 29.8 Å². The van der Waals surface area contributed by atoms with Gasteiger partial charge in [-0.05, 0) is 62.5 Å². The second-order valence-electron chi connectivity index (χ2n) is 6.10. The molecular weight excluding hydrogens is 262 g/mol. The fraction of sp³-hybridized carbons (Fsp3) is 0.588. The summed E-state index contributed by atoms with van der Waals surface area (Å²) in [5.74, 6) is 2.05. The van der Waals surface area contributed by atoms with Gasteiger partial charge in [0.1, 0.15) is 11.6 Å². The molecular formula is C17H27N3O. The molecule has 0 amide bonds. The summed E-state index contributed by atoms with van der Waals surface area (Å²) in [4.78, 5) is 0. The fourth-order valence-corrected chi connectivity index (χ4v) is 2.38. The van der Waals surface area contributed by atoms with Crippen LogP contribution in [-0.4, -0.2) is 31.6 Å². The van der Waals surface area contributed by atoms with Crippen molar-refractivity contribution < 1.29 is 4.74 Å². The molecule has 1 saturated heterocycles. The standard InChI is InChI=1S/C17H27N3O/c1-13(2)9-12-21-16-5-3-14(4-6-16)17(18)20-15-7-10-19-11-8-15/h3-6,13,15,19H,7-12H2,1-2H3,(H2,18,20). The molecule has 0 bridgehead atoms. The Balaban J connectivity index is 1.81. The Morgan fingerprint density at radius 1 is 1.29 bits per heavy atom. The average molecular weight is 289 g/mol. The minimum atomic E-state index is 0.417. The quantitative estimate of drug-likeness (QED) is 0.557. The molecule has 116 valence electrons. The van der Waals surface area contributed by atoms with Crippen molar-refractivity contribution in [1.82, 2.24) is 10.6 Å². The molecule has 0 radical (unpaired) electrons. The summed E-state index contributed by atoms with van der Waals surface area (Å²) in [6, 6.07) is 8.24. The van der Waals surface area contributed by atoms with Gasteiger partial charge in [-0.2, -0.15) is 0 Å². The molecule has 1 aromatic rings. The van der Waals surface area contributed by atoms with E-state index >= 15 is 0 Å². The van der Waals surface area contributed by atoms with E-state index in [0.717, 1.165) is 50.3 Å². The van der Waals surface area contributed by atoms with E-state index in [2.05, 4.69) is 24.5 Å². The summed E-state index contributed by atoms with van der Waals surface area (Å²) in [5, 5.41) is 14.8. The Hall–Kier alpha value is -1.55. The molecule has 0 aromatic heterocycles. The highest BCUT2D eigenvalue weighted by Crippen LogP contribution is 2.14. The molecule has 0 atom stereocenters. The van der Waals surface area contributed by atoms with Gasteiger partial charge in [0.05, 0.1) is 6.61 Å². The molecule has 1 aromatic carbocycles. The molecule has 0 unspecified atom stereocenters. The fourth-order valence-electron chi connectivity index (χ4n) is 2.38. The predicted octanol–water partition coefficient (Wildman–Crippen LogP) is 2.78. The van der Waals surface area contributed by atoms with Crippen LogP contribution in [-0.2, 0) is 0 Å². The highest BCUT2D eigenvalue weighted by molar-refractivity contribution is 5.96. The summed E-state index contributed by atoms with van der Waals surface area (Å²) >= 11 is 0. The van der Waals surface area contributed by atoms with Crippen LogP contribution in [0.15, 0.2) is 24.3 Å². The van der Waals surface area contributed by atoms with Gasteiger partial charge in [0.2, 0.25) is 0 Å². The summed E-state index contributed by atoms with van der Waals surface area (Å²) in [5.41, 5.74) is 0.921. The summed E-state index contributed by atoms with van der Waals surface area (Å²) in [6.45, 7) is 7.21. The minimum Gasteiger partial charge on any atom is -0.494 e. The van der Waals surface area contributed by atoms with Gasteiger partial charge in [-0.1, -0.05) is 13.8 Å².